The summed E-state index contributed by atoms with van der Waals surface area (Å²) >= 11 is 0. The Kier molecular flexibility index (Phi) is 8.82. The molecule has 0 fully saturated rings. The van der Waals surface area contributed by atoms with Crippen molar-refractivity contribution >= 4 is 14.1 Å². The highest BCUT2D eigenvalue weighted by atomic mass is 31.1. The number of benzene rings is 3. The van der Waals surface area contributed by atoms with Crippen molar-refractivity contribution in [3.63, 3.8) is 0 Å². The standard InChI is InChI=1S/C27H32NO2P/c1-21(2)28-27(29)26(20-31(30)18-17-22-9-5-3-6-10-22)19-23-13-15-25(16-14-23)24-11-7-4-8-12-24/h3-16,21,26,30H,17-20H2,1-2H3,(H,28,29). The van der Waals surface area contributed by atoms with E-state index >= 15 is 0 Å². The predicted octanol–water partition coefficient (Wildman–Crippen LogP) is 5.67. The van der Waals surface area contributed by atoms with Gasteiger partial charge in [0.05, 0.1) is 0 Å². The van der Waals surface area contributed by atoms with Crippen LogP contribution in [0.2, 0.25) is 0 Å². The van der Waals surface area contributed by atoms with Crippen molar-refractivity contribution in [3.05, 3.63) is 96.1 Å². The first kappa shape index (κ1) is 23.2. The largest absolute Gasteiger partial charge is 0.374 e. The molecule has 2 unspecified atom stereocenters. The SMILES string of the molecule is CC(C)NC(=O)C(Cc1ccc(-c2ccccc2)cc1)CP(O)CCc1ccccc1. The predicted molar refractivity (Wildman–Crippen MR) is 131 cm³/mol. The van der Waals surface area contributed by atoms with Crippen molar-refractivity contribution in [1.29, 1.82) is 0 Å². The first-order chi connectivity index (χ1) is 15.0. The Morgan fingerprint density at radius 1 is 0.839 bits per heavy atom. The van der Waals surface area contributed by atoms with Gasteiger partial charge < -0.3 is 10.2 Å². The van der Waals surface area contributed by atoms with E-state index in [2.05, 4.69) is 53.8 Å². The van der Waals surface area contributed by atoms with Crippen LogP contribution in [0.15, 0.2) is 84.9 Å². The summed E-state index contributed by atoms with van der Waals surface area (Å²) in [6.07, 6.45) is 2.73. The lowest BCUT2D eigenvalue weighted by molar-refractivity contribution is -0.124. The van der Waals surface area contributed by atoms with E-state index < -0.39 is 8.15 Å². The lowest BCUT2D eigenvalue weighted by Gasteiger charge is -2.21. The van der Waals surface area contributed by atoms with Gasteiger partial charge in [0.15, 0.2) is 0 Å². The molecule has 0 heterocycles. The summed E-state index contributed by atoms with van der Waals surface area (Å²) < 4.78 is 0. The molecule has 2 atom stereocenters. The number of amides is 1. The van der Waals surface area contributed by atoms with Crippen LogP contribution >= 0.6 is 8.15 Å². The van der Waals surface area contributed by atoms with Gasteiger partial charge >= 0.3 is 0 Å². The number of hydrogen-bond acceptors (Lipinski definition) is 2. The van der Waals surface area contributed by atoms with E-state index in [0.717, 1.165) is 18.1 Å². The van der Waals surface area contributed by atoms with Crippen LogP contribution in [0.4, 0.5) is 0 Å². The van der Waals surface area contributed by atoms with Gasteiger partial charge in [0, 0.05) is 26.3 Å². The van der Waals surface area contributed by atoms with E-state index in [4.69, 9.17) is 0 Å². The molecule has 3 rings (SSSR count). The topological polar surface area (TPSA) is 49.3 Å². The van der Waals surface area contributed by atoms with E-state index in [9.17, 15) is 9.69 Å². The molecule has 0 aliphatic heterocycles. The second kappa shape index (κ2) is 11.8. The van der Waals surface area contributed by atoms with Gasteiger partial charge in [-0.05, 0) is 55.1 Å². The van der Waals surface area contributed by atoms with E-state index in [1.54, 1.807) is 0 Å². The van der Waals surface area contributed by atoms with Gasteiger partial charge in [-0.25, -0.2) is 0 Å². The van der Waals surface area contributed by atoms with E-state index in [0.29, 0.717) is 12.6 Å². The lowest BCUT2D eigenvalue weighted by Crippen LogP contribution is -2.38. The monoisotopic (exact) mass is 433 g/mol. The zero-order chi connectivity index (χ0) is 22.1. The third-order valence-corrected chi connectivity index (χ3v) is 6.88. The Labute approximate surface area is 187 Å². The van der Waals surface area contributed by atoms with Crippen LogP contribution in [0, 0.1) is 5.92 Å². The van der Waals surface area contributed by atoms with Crippen molar-refractivity contribution in [2.45, 2.75) is 32.7 Å². The highest BCUT2D eigenvalue weighted by Crippen LogP contribution is 2.35. The maximum absolute atomic E-state index is 12.8. The van der Waals surface area contributed by atoms with Gasteiger partial charge in [-0.1, -0.05) is 84.9 Å². The number of rotatable bonds is 10. The fourth-order valence-corrected chi connectivity index (χ4v) is 5.14. The van der Waals surface area contributed by atoms with E-state index in [1.807, 2.05) is 50.2 Å². The molecule has 0 aliphatic carbocycles. The summed E-state index contributed by atoms with van der Waals surface area (Å²) in [4.78, 5) is 23.6. The average Bonchev–Trinajstić information content (AvgIpc) is 2.78. The zero-order valence-corrected chi connectivity index (χ0v) is 19.3. The van der Waals surface area contributed by atoms with Crippen LogP contribution in [-0.2, 0) is 17.6 Å². The molecule has 0 saturated carbocycles. The van der Waals surface area contributed by atoms with Crippen molar-refractivity contribution in [1.82, 2.24) is 5.32 Å². The van der Waals surface area contributed by atoms with Crippen molar-refractivity contribution in [3.8, 4) is 11.1 Å². The molecule has 0 aliphatic rings. The minimum absolute atomic E-state index is 0.0309. The van der Waals surface area contributed by atoms with Crippen molar-refractivity contribution < 1.29 is 9.69 Å². The van der Waals surface area contributed by atoms with Gasteiger partial charge in [0.2, 0.25) is 5.91 Å². The molecule has 2 N–H and O–H groups in total. The number of carbonyl (C=O) groups excluding carboxylic acids is 1. The first-order valence-electron chi connectivity index (χ1n) is 10.9. The number of hydrogen-bond donors (Lipinski definition) is 2. The fourth-order valence-electron chi connectivity index (χ4n) is 3.64. The normalized spacial score (nSPS) is 13.0. The highest BCUT2D eigenvalue weighted by molar-refractivity contribution is 7.51. The summed E-state index contributed by atoms with van der Waals surface area (Å²) in [6.45, 7) is 3.95. The number of aryl methyl sites for hydroxylation is 1. The minimum Gasteiger partial charge on any atom is -0.374 e. The molecule has 0 spiro atoms. The molecular weight excluding hydrogens is 401 g/mol. The second-order valence-electron chi connectivity index (χ2n) is 8.28. The quantitative estimate of drug-likeness (QED) is 0.405. The van der Waals surface area contributed by atoms with Crippen LogP contribution in [0.3, 0.4) is 0 Å². The number of carbonyl (C=O) groups is 1. The van der Waals surface area contributed by atoms with Gasteiger partial charge in [-0.15, -0.1) is 0 Å². The van der Waals surface area contributed by atoms with Crippen molar-refractivity contribution in [2.24, 2.45) is 5.92 Å². The number of nitrogens with one attached hydrogen (secondary N) is 1. The molecule has 0 bridgehead atoms. The van der Waals surface area contributed by atoms with Gasteiger partial charge in [-0.2, -0.15) is 0 Å². The molecule has 3 aromatic carbocycles. The van der Waals surface area contributed by atoms with Crippen LogP contribution < -0.4 is 5.32 Å². The Bertz CT molecular complexity index is 926. The lowest BCUT2D eigenvalue weighted by atomic mass is 9.97. The first-order valence-corrected chi connectivity index (χ1v) is 12.6. The molecule has 0 radical (unpaired) electrons. The van der Waals surface area contributed by atoms with Crippen LogP contribution in [0.1, 0.15) is 25.0 Å². The summed E-state index contributed by atoms with van der Waals surface area (Å²) in [5.74, 6) is -0.194. The van der Waals surface area contributed by atoms with Gasteiger partial charge in [-0.3, -0.25) is 4.79 Å². The van der Waals surface area contributed by atoms with Gasteiger partial charge in [0.25, 0.3) is 0 Å². The summed E-state index contributed by atoms with van der Waals surface area (Å²) in [6, 6.07) is 29.0. The molecule has 0 saturated heterocycles. The molecule has 162 valence electrons. The molecule has 0 aromatic heterocycles. The van der Waals surface area contributed by atoms with E-state index in [1.165, 1.54) is 16.7 Å². The molecule has 31 heavy (non-hydrogen) atoms. The van der Waals surface area contributed by atoms with Gasteiger partial charge in [0.1, 0.15) is 0 Å². The van der Waals surface area contributed by atoms with Crippen molar-refractivity contribution in [2.75, 3.05) is 12.3 Å². The maximum atomic E-state index is 12.8. The van der Waals surface area contributed by atoms with E-state index in [-0.39, 0.29) is 17.9 Å². The molecular formula is C27H32NO2P. The van der Waals surface area contributed by atoms with Crippen LogP contribution in [0.25, 0.3) is 11.1 Å². The second-order valence-corrected chi connectivity index (χ2v) is 10.1. The summed E-state index contributed by atoms with van der Waals surface area (Å²) in [5.41, 5.74) is 4.70. The fraction of sp³-hybridized carbons (Fsp3) is 0.296. The Morgan fingerprint density at radius 2 is 1.42 bits per heavy atom. The summed E-state index contributed by atoms with van der Waals surface area (Å²) in [5, 5.41) is 3.04. The summed E-state index contributed by atoms with van der Waals surface area (Å²) in [7, 11) is -1.20. The minimum atomic E-state index is -1.20. The van der Waals surface area contributed by atoms with Crippen LogP contribution in [-0.4, -0.2) is 29.2 Å². The maximum Gasteiger partial charge on any atom is 0.224 e. The third kappa shape index (κ3) is 7.61. The average molecular weight is 434 g/mol. The molecule has 3 aromatic rings. The highest BCUT2D eigenvalue weighted by Gasteiger charge is 2.23. The Hall–Kier alpha value is -2.48. The smallest absolute Gasteiger partial charge is 0.224 e. The Morgan fingerprint density at radius 3 is 2.03 bits per heavy atom. The molecule has 1 amide bonds. The Balaban J connectivity index is 1.64. The third-order valence-electron chi connectivity index (χ3n) is 5.28. The molecule has 4 heteroatoms. The molecule has 3 nitrogen and oxygen atoms in total. The van der Waals surface area contributed by atoms with Crippen LogP contribution in [0.5, 0.6) is 0 Å². The zero-order valence-electron chi connectivity index (χ0n) is 18.4.